The Bertz CT molecular complexity index is 1010. The van der Waals surface area contributed by atoms with Gasteiger partial charge >= 0.3 is 0 Å². The highest BCUT2D eigenvalue weighted by Crippen LogP contribution is 2.21. The van der Waals surface area contributed by atoms with Crippen molar-refractivity contribution < 1.29 is 9.59 Å². The molecule has 0 saturated heterocycles. The Morgan fingerprint density at radius 3 is 2.44 bits per heavy atom. The molecule has 0 radical (unpaired) electrons. The van der Waals surface area contributed by atoms with Gasteiger partial charge < -0.3 is 15.2 Å². The van der Waals surface area contributed by atoms with E-state index in [-0.39, 0.29) is 17.4 Å². The number of carbonyl (C=O) groups excluding carboxylic acids is 2. The van der Waals surface area contributed by atoms with Crippen molar-refractivity contribution in [3.8, 4) is 10.6 Å². The van der Waals surface area contributed by atoms with E-state index in [0.717, 1.165) is 10.4 Å². The van der Waals surface area contributed by atoms with Crippen molar-refractivity contribution in [2.75, 3.05) is 14.1 Å². The zero-order valence-corrected chi connectivity index (χ0v) is 15.8. The lowest BCUT2D eigenvalue weighted by Crippen LogP contribution is -2.31. The number of carbonyl (C=O) groups is 2. The van der Waals surface area contributed by atoms with Crippen LogP contribution in [0.4, 0.5) is 0 Å². The van der Waals surface area contributed by atoms with Gasteiger partial charge in [0.05, 0.1) is 10.6 Å². The van der Waals surface area contributed by atoms with Crippen molar-refractivity contribution >= 4 is 23.2 Å². The van der Waals surface area contributed by atoms with E-state index in [2.05, 4.69) is 10.3 Å². The lowest BCUT2D eigenvalue weighted by molar-refractivity contribution is 0.0783. The van der Waals surface area contributed by atoms with Gasteiger partial charge in [-0.05, 0) is 41.3 Å². The molecule has 3 aromatic rings. The lowest BCUT2D eigenvalue weighted by Gasteiger charge is -2.17. The molecule has 0 aliphatic heterocycles. The van der Waals surface area contributed by atoms with Crippen LogP contribution in [0.15, 0.2) is 58.7 Å². The fourth-order valence-corrected chi connectivity index (χ4v) is 3.38. The molecule has 0 unspecified atom stereocenters. The van der Waals surface area contributed by atoms with E-state index in [1.807, 2.05) is 17.5 Å². The molecule has 0 fully saturated rings. The minimum atomic E-state index is -0.410. The van der Waals surface area contributed by atoms with Crippen LogP contribution >= 0.6 is 11.3 Å². The highest BCUT2D eigenvalue weighted by molar-refractivity contribution is 7.13. The van der Waals surface area contributed by atoms with Crippen LogP contribution in [0.25, 0.3) is 10.6 Å². The van der Waals surface area contributed by atoms with Gasteiger partial charge in [0.15, 0.2) is 0 Å². The first kappa shape index (κ1) is 18.6. The number of hydrogen-bond donors (Lipinski definition) is 2. The van der Waals surface area contributed by atoms with Crippen LogP contribution in [0.5, 0.6) is 0 Å². The molecule has 2 heterocycles. The number of benzene rings is 1. The van der Waals surface area contributed by atoms with E-state index in [1.54, 1.807) is 50.5 Å². The summed E-state index contributed by atoms with van der Waals surface area (Å²) < 4.78 is 0. The van der Waals surface area contributed by atoms with Crippen molar-refractivity contribution in [1.82, 2.24) is 15.2 Å². The highest BCUT2D eigenvalue weighted by atomic mass is 32.1. The maximum absolute atomic E-state index is 12.6. The number of hydrogen-bond acceptors (Lipinski definition) is 4. The minimum absolute atomic E-state index is 0.0970. The number of amides is 2. The van der Waals surface area contributed by atoms with E-state index >= 15 is 0 Å². The zero-order chi connectivity index (χ0) is 19.4. The average Bonchev–Trinajstić information content (AvgIpc) is 3.22. The molecule has 2 N–H and O–H groups in total. The number of H-pyrrole nitrogens is 1. The minimum Gasteiger partial charge on any atom is -0.355 e. The maximum Gasteiger partial charge on any atom is 0.261 e. The molecular formula is C20H19N3O3S. The quantitative estimate of drug-likeness (QED) is 0.713. The number of nitrogens with one attached hydrogen (secondary N) is 2. The topological polar surface area (TPSA) is 82.3 Å². The van der Waals surface area contributed by atoms with Crippen LogP contribution in [0.1, 0.15) is 26.3 Å². The summed E-state index contributed by atoms with van der Waals surface area (Å²) in [6.45, 7) is 0.332. The van der Waals surface area contributed by atoms with Gasteiger partial charge in [-0.3, -0.25) is 14.4 Å². The summed E-state index contributed by atoms with van der Waals surface area (Å²) in [5.74, 6) is -0.521. The predicted octanol–water partition coefficient (Wildman–Crippen LogP) is 2.74. The van der Waals surface area contributed by atoms with Crippen LogP contribution in [0, 0.1) is 0 Å². The summed E-state index contributed by atoms with van der Waals surface area (Å²) in [5.41, 5.74) is 1.80. The normalized spacial score (nSPS) is 10.4. The number of rotatable bonds is 5. The standard InChI is InChI=1S/C20H19N3O3S/c1-21-18(24)14-7-5-13(6-8-14)12-23(2)20(26)15-9-10-16(22-19(15)25)17-4-3-11-27-17/h3-11H,12H2,1-2H3,(H,21,24)(H,22,25). The van der Waals surface area contributed by atoms with Crippen LogP contribution in [0.3, 0.4) is 0 Å². The van der Waals surface area contributed by atoms with Crippen molar-refractivity contribution in [2.45, 2.75) is 6.54 Å². The van der Waals surface area contributed by atoms with Crippen LogP contribution in [0.2, 0.25) is 0 Å². The van der Waals surface area contributed by atoms with E-state index in [1.165, 1.54) is 16.2 Å². The third-order valence-electron chi connectivity index (χ3n) is 4.14. The van der Waals surface area contributed by atoms with Gasteiger partial charge in [0.2, 0.25) is 0 Å². The van der Waals surface area contributed by atoms with E-state index < -0.39 is 5.56 Å². The van der Waals surface area contributed by atoms with Crippen molar-refractivity contribution in [1.29, 1.82) is 0 Å². The van der Waals surface area contributed by atoms with Gasteiger partial charge in [-0.2, -0.15) is 0 Å². The summed E-state index contributed by atoms with van der Waals surface area (Å²) in [5, 5.41) is 4.49. The first-order valence-corrected chi connectivity index (χ1v) is 9.21. The second-order valence-corrected chi connectivity index (χ2v) is 6.98. The lowest BCUT2D eigenvalue weighted by atomic mass is 10.1. The van der Waals surface area contributed by atoms with E-state index in [0.29, 0.717) is 17.8 Å². The van der Waals surface area contributed by atoms with Gasteiger partial charge in [-0.25, -0.2) is 0 Å². The third kappa shape index (κ3) is 4.15. The third-order valence-corrected chi connectivity index (χ3v) is 5.04. The van der Waals surface area contributed by atoms with Gasteiger partial charge in [0.1, 0.15) is 5.56 Å². The summed E-state index contributed by atoms with van der Waals surface area (Å²) in [6.07, 6.45) is 0. The summed E-state index contributed by atoms with van der Waals surface area (Å²) in [4.78, 5) is 41.7. The number of aromatic amines is 1. The van der Waals surface area contributed by atoms with Crippen molar-refractivity contribution in [2.24, 2.45) is 0 Å². The van der Waals surface area contributed by atoms with Crippen molar-refractivity contribution in [3.05, 3.63) is 81.0 Å². The smallest absolute Gasteiger partial charge is 0.261 e. The fourth-order valence-electron chi connectivity index (χ4n) is 2.67. The van der Waals surface area contributed by atoms with Crippen molar-refractivity contribution in [3.63, 3.8) is 0 Å². The summed E-state index contributed by atoms with van der Waals surface area (Å²) >= 11 is 1.52. The Morgan fingerprint density at radius 2 is 1.85 bits per heavy atom. The monoisotopic (exact) mass is 381 g/mol. The molecular weight excluding hydrogens is 362 g/mol. The van der Waals surface area contributed by atoms with Crippen LogP contribution < -0.4 is 10.9 Å². The molecule has 0 atom stereocenters. The maximum atomic E-state index is 12.6. The first-order chi connectivity index (χ1) is 13.0. The fraction of sp³-hybridized carbons (Fsp3) is 0.150. The first-order valence-electron chi connectivity index (χ1n) is 8.33. The molecule has 0 spiro atoms. The molecule has 6 nitrogen and oxygen atoms in total. The van der Waals surface area contributed by atoms with E-state index in [9.17, 15) is 14.4 Å². The molecule has 0 saturated carbocycles. The number of nitrogens with zero attached hydrogens (tertiary/aromatic N) is 1. The molecule has 0 bridgehead atoms. The van der Waals surface area contributed by atoms with E-state index in [4.69, 9.17) is 0 Å². The molecule has 3 rings (SSSR count). The van der Waals surface area contributed by atoms with Gasteiger partial charge in [0, 0.05) is 26.2 Å². The van der Waals surface area contributed by atoms with Crippen LogP contribution in [-0.4, -0.2) is 35.8 Å². The molecule has 0 aliphatic carbocycles. The highest BCUT2D eigenvalue weighted by Gasteiger charge is 2.16. The second kappa shape index (κ2) is 8.01. The molecule has 2 amide bonds. The average molecular weight is 381 g/mol. The number of pyridine rings is 1. The largest absolute Gasteiger partial charge is 0.355 e. The molecule has 0 aliphatic rings. The summed E-state index contributed by atoms with van der Waals surface area (Å²) in [6, 6.07) is 14.1. The SMILES string of the molecule is CNC(=O)c1ccc(CN(C)C(=O)c2ccc(-c3cccs3)[nH]c2=O)cc1. The molecule has 7 heteroatoms. The molecule has 2 aromatic heterocycles. The molecule has 27 heavy (non-hydrogen) atoms. The molecule has 1 aromatic carbocycles. The van der Waals surface area contributed by atoms with Gasteiger partial charge in [-0.15, -0.1) is 11.3 Å². The van der Waals surface area contributed by atoms with Gasteiger partial charge in [-0.1, -0.05) is 18.2 Å². The molecule has 138 valence electrons. The van der Waals surface area contributed by atoms with Gasteiger partial charge in [0.25, 0.3) is 17.4 Å². The Balaban J connectivity index is 1.73. The number of aromatic nitrogens is 1. The predicted molar refractivity (Wildman–Crippen MR) is 106 cm³/mol. The Kier molecular flexibility index (Phi) is 5.52. The Labute approximate surface area is 160 Å². The Morgan fingerprint density at radius 1 is 1.11 bits per heavy atom. The summed E-state index contributed by atoms with van der Waals surface area (Å²) in [7, 11) is 3.21. The van der Waals surface area contributed by atoms with Crippen LogP contribution in [-0.2, 0) is 6.54 Å². The zero-order valence-electron chi connectivity index (χ0n) is 15.0. The Hall–Kier alpha value is -3.19. The number of thiophene rings is 1. The second-order valence-electron chi connectivity index (χ2n) is 6.03.